The van der Waals surface area contributed by atoms with Crippen LogP contribution in [0.3, 0.4) is 0 Å². The standard InChI is InChI=1S/C17H21ClN2O2S2/c1-13-15(17(2,3)4)23-16(20(13)12-8-11-18)19-24(21,22)14-9-6-5-7-10-14/h5-11H,12H2,1-4H3/b11-8+,19-16?. The van der Waals surface area contributed by atoms with E-state index in [9.17, 15) is 8.42 Å². The molecule has 7 heteroatoms. The van der Waals surface area contributed by atoms with Crippen LogP contribution in [0.5, 0.6) is 0 Å². The topological polar surface area (TPSA) is 51.4 Å². The molecule has 1 aromatic carbocycles. The lowest BCUT2D eigenvalue weighted by atomic mass is 9.93. The third-order valence-corrected chi connectivity index (χ3v) is 6.64. The van der Waals surface area contributed by atoms with Crippen LogP contribution in [0.25, 0.3) is 0 Å². The Bertz CT molecular complexity index is 902. The summed E-state index contributed by atoms with van der Waals surface area (Å²) in [7, 11) is -3.75. The molecule has 0 N–H and O–H groups in total. The summed E-state index contributed by atoms with van der Waals surface area (Å²) in [5.41, 5.74) is 2.34. The number of allylic oxidation sites excluding steroid dienone is 1. The maximum absolute atomic E-state index is 12.6. The zero-order chi connectivity index (χ0) is 18.0. The van der Waals surface area contributed by atoms with E-state index < -0.39 is 10.0 Å². The number of hydrogen-bond acceptors (Lipinski definition) is 3. The molecule has 0 saturated carbocycles. The van der Waals surface area contributed by atoms with Crippen molar-refractivity contribution < 1.29 is 8.42 Å². The van der Waals surface area contributed by atoms with Gasteiger partial charge < -0.3 is 4.57 Å². The van der Waals surface area contributed by atoms with Crippen molar-refractivity contribution in [1.82, 2.24) is 4.57 Å². The molecule has 0 aliphatic carbocycles. The summed E-state index contributed by atoms with van der Waals surface area (Å²) in [6.07, 6.45) is 1.77. The summed E-state index contributed by atoms with van der Waals surface area (Å²) < 4.78 is 31.1. The fraction of sp³-hybridized carbons (Fsp3) is 0.353. The molecule has 2 rings (SSSR count). The molecule has 0 aliphatic rings. The summed E-state index contributed by atoms with van der Waals surface area (Å²) >= 11 is 7.05. The molecule has 2 aromatic rings. The van der Waals surface area contributed by atoms with Crippen LogP contribution < -0.4 is 4.80 Å². The van der Waals surface area contributed by atoms with Crippen molar-refractivity contribution in [3.05, 3.63) is 57.3 Å². The number of thiazole rings is 1. The highest BCUT2D eigenvalue weighted by molar-refractivity contribution is 7.90. The van der Waals surface area contributed by atoms with Crippen molar-refractivity contribution in [3.63, 3.8) is 0 Å². The predicted octanol–water partition coefficient (Wildman–Crippen LogP) is 4.20. The summed E-state index contributed by atoms with van der Waals surface area (Å²) in [4.78, 5) is 1.75. The first-order valence-electron chi connectivity index (χ1n) is 7.49. The number of halogens is 1. The van der Waals surface area contributed by atoms with Gasteiger partial charge >= 0.3 is 0 Å². The Labute approximate surface area is 152 Å². The first-order chi connectivity index (χ1) is 11.2. The van der Waals surface area contributed by atoms with Gasteiger partial charge in [-0.1, -0.05) is 56.6 Å². The molecule has 0 fully saturated rings. The van der Waals surface area contributed by atoms with Crippen LogP contribution in [-0.4, -0.2) is 13.0 Å². The molecule has 0 atom stereocenters. The molecule has 0 amide bonds. The fourth-order valence-electron chi connectivity index (χ4n) is 2.36. The van der Waals surface area contributed by atoms with Gasteiger partial charge in [-0.05, 0) is 24.5 Å². The minimum Gasteiger partial charge on any atom is -0.316 e. The molecule has 4 nitrogen and oxygen atoms in total. The average molecular weight is 385 g/mol. The van der Waals surface area contributed by atoms with Crippen LogP contribution in [0.2, 0.25) is 0 Å². The van der Waals surface area contributed by atoms with Gasteiger partial charge in [0, 0.05) is 22.7 Å². The Morgan fingerprint density at radius 1 is 1.25 bits per heavy atom. The zero-order valence-corrected chi connectivity index (χ0v) is 16.5. The van der Waals surface area contributed by atoms with Gasteiger partial charge in [0.25, 0.3) is 10.0 Å². The van der Waals surface area contributed by atoms with E-state index in [0.29, 0.717) is 11.3 Å². The number of benzene rings is 1. The van der Waals surface area contributed by atoms with Crippen molar-refractivity contribution in [2.24, 2.45) is 4.40 Å². The summed E-state index contributed by atoms with van der Waals surface area (Å²) in [6, 6.07) is 8.25. The van der Waals surface area contributed by atoms with Crippen LogP contribution in [0.1, 0.15) is 31.3 Å². The number of rotatable bonds is 4. The SMILES string of the molecule is Cc1c(C(C)(C)C)sc(=NS(=O)(=O)c2ccccc2)n1C/C=C/Cl. The lowest BCUT2D eigenvalue weighted by molar-refractivity contribution is 0.589. The monoisotopic (exact) mass is 384 g/mol. The van der Waals surface area contributed by atoms with Gasteiger partial charge in [0.2, 0.25) is 4.80 Å². The van der Waals surface area contributed by atoms with Crippen molar-refractivity contribution in [2.45, 2.75) is 44.6 Å². The molecule has 0 aliphatic heterocycles. The molecular formula is C17H21ClN2O2S2. The number of nitrogens with zero attached hydrogens (tertiary/aromatic N) is 2. The summed E-state index contributed by atoms with van der Waals surface area (Å²) in [5, 5.41) is 0. The van der Waals surface area contributed by atoms with Gasteiger partial charge in [-0.15, -0.1) is 15.7 Å². The van der Waals surface area contributed by atoms with E-state index in [1.165, 1.54) is 16.9 Å². The van der Waals surface area contributed by atoms with Gasteiger partial charge in [-0.2, -0.15) is 8.42 Å². The highest BCUT2D eigenvalue weighted by Gasteiger charge is 2.22. The van der Waals surface area contributed by atoms with Gasteiger partial charge in [0.05, 0.1) is 4.90 Å². The normalized spacial score (nSPS) is 13.8. The lowest BCUT2D eigenvalue weighted by Gasteiger charge is -2.17. The number of sulfonamides is 1. The number of hydrogen-bond donors (Lipinski definition) is 0. The van der Waals surface area contributed by atoms with Crippen LogP contribution in [-0.2, 0) is 22.0 Å². The van der Waals surface area contributed by atoms with Crippen molar-refractivity contribution in [3.8, 4) is 0 Å². The Balaban J connectivity index is 2.68. The van der Waals surface area contributed by atoms with E-state index in [0.717, 1.165) is 10.6 Å². The third kappa shape index (κ3) is 4.18. The minimum atomic E-state index is -3.75. The first-order valence-corrected chi connectivity index (χ1v) is 10.2. The maximum atomic E-state index is 12.6. The third-order valence-electron chi connectivity index (χ3n) is 3.46. The summed E-state index contributed by atoms with van der Waals surface area (Å²) in [5.74, 6) is 0. The molecule has 24 heavy (non-hydrogen) atoms. The van der Waals surface area contributed by atoms with E-state index in [4.69, 9.17) is 11.6 Å². The Kier molecular flexibility index (Phi) is 5.73. The smallest absolute Gasteiger partial charge is 0.285 e. The average Bonchev–Trinajstić information content (AvgIpc) is 2.82. The second-order valence-electron chi connectivity index (χ2n) is 6.40. The van der Waals surface area contributed by atoms with E-state index in [-0.39, 0.29) is 10.3 Å². The van der Waals surface area contributed by atoms with Gasteiger partial charge in [0.1, 0.15) is 0 Å². The van der Waals surface area contributed by atoms with E-state index in [1.807, 2.05) is 11.5 Å². The van der Waals surface area contributed by atoms with Gasteiger partial charge in [-0.25, -0.2) is 0 Å². The van der Waals surface area contributed by atoms with Crippen LogP contribution in [0.4, 0.5) is 0 Å². The van der Waals surface area contributed by atoms with Gasteiger partial charge in [0.15, 0.2) is 0 Å². The van der Waals surface area contributed by atoms with Crippen LogP contribution >= 0.6 is 22.9 Å². The fourth-order valence-corrected chi connectivity index (χ4v) is 4.86. The van der Waals surface area contributed by atoms with E-state index >= 15 is 0 Å². The molecule has 1 heterocycles. The van der Waals surface area contributed by atoms with Crippen molar-refractivity contribution in [1.29, 1.82) is 0 Å². The second kappa shape index (κ2) is 7.25. The second-order valence-corrected chi connectivity index (χ2v) is 9.23. The van der Waals surface area contributed by atoms with E-state index in [2.05, 4.69) is 25.2 Å². The van der Waals surface area contributed by atoms with Crippen molar-refractivity contribution >= 4 is 33.0 Å². The quantitative estimate of drug-likeness (QED) is 0.793. The summed E-state index contributed by atoms with van der Waals surface area (Å²) in [6.45, 7) is 8.76. The minimum absolute atomic E-state index is 0.0918. The molecule has 0 radical (unpaired) electrons. The lowest BCUT2D eigenvalue weighted by Crippen LogP contribution is -2.18. The molecule has 1 aromatic heterocycles. The Morgan fingerprint density at radius 2 is 1.88 bits per heavy atom. The first kappa shape index (κ1) is 19.0. The van der Waals surface area contributed by atoms with Crippen LogP contribution in [0, 0.1) is 6.92 Å². The molecule has 0 unspecified atom stereocenters. The van der Waals surface area contributed by atoms with E-state index in [1.54, 1.807) is 36.4 Å². The number of aromatic nitrogens is 1. The highest BCUT2D eigenvalue weighted by Crippen LogP contribution is 2.28. The maximum Gasteiger partial charge on any atom is 0.285 e. The van der Waals surface area contributed by atoms with Crippen molar-refractivity contribution in [2.75, 3.05) is 0 Å². The molecule has 130 valence electrons. The highest BCUT2D eigenvalue weighted by atomic mass is 35.5. The Morgan fingerprint density at radius 3 is 2.42 bits per heavy atom. The molecular weight excluding hydrogens is 364 g/mol. The zero-order valence-electron chi connectivity index (χ0n) is 14.2. The molecule has 0 bridgehead atoms. The predicted molar refractivity (Wildman–Crippen MR) is 99.9 cm³/mol. The molecule has 0 spiro atoms. The largest absolute Gasteiger partial charge is 0.316 e. The van der Waals surface area contributed by atoms with Crippen LogP contribution in [0.15, 0.2) is 51.2 Å². The Hall–Kier alpha value is -1.37. The molecule has 0 saturated heterocycles. The van der Waals surface area contributed by atoms with Gasteiger partial charge in [-0.3, -0.25) is 0 Å².